The molecule has 0 spiro atoms. The second kappa shape index (κ2) is 6.69. The van der Waals surface area contributed by atoms with Crippen molar-refractivity contribution < 1.29 is 14.3 Å². The van der Waals surface area contributed by atoms with Crippen molar-refractivity contribution in [1.82, 2.24) is 0 Å². The molecule has 0 aliphatic rings. The monoisotopic (exact) mass is 215 g/mol. The van der Waals surface area contributed by atoms with E-state index in [1.54, 1.807) is 0 Å². The zero-order valence-electron chi connectivity index (χ0n) is 9.84. The van der Waals surface area contributed by atoms with E-state index in [-0.39, 0.29) is 24.8 Å². The molecule has 0 rings (SSSR count). The maximum Gasteiger partial charge on any atom is 0.163 e. The molecule has 0 aromatic rings. The molecule has 0 amide bonds. The van der Waals surface area contributed by atoms with Crippen LogP contribution < -0.4 is 5.73 Å². The quantitative estimate of drug-likeness (QED) is 0.685. The lowest BCUT2D eigenvalue weighted by Crippen LogP contribution is -2.26. The zero-order chi connectivity index (χ0) is 11.9. The van der Waals surface area contributed by atoms with E-state index in [0.717, 1.165) is 0 Å². The standard InChI is InChI=1S/C11H21NO3/c1-11(2,3)10(14)8-15-7-9(13)5-4-6-12/h4-8,12H2,1-3H3. The van der Waals surface area contributed by atoms with E-state index in [1.165, 1.54) is 0 Å². The normalized spacial score (nSPS) is 11.5. The van der Waals surface area contributed by atoms with E-state index in [0.29, 0.717) is 19.4 Å². The van der Waals surface area contributed by atoms with Gasteiger partial charge < -0.3 is 10.5 Å². The molecule has 0 aromatic carbocycles. The van der Waals surface area contributed by atoms with Crippen LogP contribution >= 0.6 is 0 Å². The van der Waals surface area contributed by atoms with E-state index in [1.807, 2.05) is 20.8 Å². The molecule has 0 heterocycles. The molecule has 0 aliphatic heterocycles. The Kier molecular flexibility index (Phi) is 6.36. The van der Waals surface area contributed by atoms with E-state index >= 15 is 0 Å². The number of ketones is 2. The molecule has 4 heteroatoms. The Morgan fingerprint density at radius 1 is 1.20 bits per heavy atom. The van der Waals surface area contributed by atoms with Gasteiger partial charge in [0.1, 0.15) is 13.2 Å². The van der Waals surface area contributed by atoms with Crippen LogP contribution in [-0.2, 0) is 14.3 Å². The minimum Gasteiger partial charge on any atom is -0.366 e. The fourth-order valence-corrected chi connectivity index (χ4v) is 0.845. The van der Waals surface area contributed by atoms with Crippen LogP contribution in [0.5, 0.6) is 0 Å². The van der Waals surface area contributed by atoms with Crippen molar-refractivity contribution in [3.63, 3.8) is 0 Å². The van der Waals surface area contributed by atoms with Gasteiger partial charge in [-0.1, -0.05) is 20.8 Å². The van der Waals surface area contributed by atoms with Gasteiger partial charge in [0.25, 0.3) is 0 Å². The summed E-state index contributed by atoms with van der Waals surface area (Å²) in [5.74, 6) is 0.0104. The highest BCUT2D eigenvalue weighted by molar-refractivity contribution is 5.85. The summed E-state index contributed by atoms with van der Waals surface area (Å²) in [5, 5.41) is 0. The van der Waals surface area contributed by atoms with Gasteiger partial charge in [-0.2, -0.15) is 0 Å². The SMILES string of the molecule is CC(C)(C)C(=O)COCC(=O)CCCN. The van der Waals surface area contributed by atoms with Crippen LogP contribution in [0.3, 0.4) is 0 Å². The van der Waals surface area contributed by atoms with Gasteiger partial charge in [-0.15, -0.1) is 0 Å². The summed E-state index contributed by atoms with van der Waals surface area (Å²) in [7, 11) is 0. The Balaban J connectivity index is 3.62. The average Bonchev–Trinajstić information content (AvgIpc) is 2.13. The first-order valence-electron chi connectivity index (χ1n) is 5.20. The Bertz CT molecular complexity index is 218. The molecular weight excluding hydrogens is 194 g/mol. The summed E-state index contributed by atoms with van der Waals surface area (Å²) in [4.78, 5) is 22.5. The topological polar surface area (TPSA) is 69.4 Å². The van der Waals surface area contributed by atoms with Gasteiger partial charge in [-0.05, 0) is 13.0 Å². The van der Waals surface area contributed by atoms with Crippen LogP contribution in [0.2, 0.25) is 0 Å². The zero-order valence-corrected chi connectivity index (χ0v) is 9.84. The summed E-state index contributed by atoms with van der Waals surface area (Å²) in [5.41, 5.74) is 4.86. The van der Waals surface area contributed by atoms with Gasteiger partial charge in [-0.3, -0.25) is 9.59 Å². The van der Waals surface area contributed by atoms with Crippen LogP contribution in [0, 0.1) is 5.41 Å². The summed E-state index contributed by atoms with van der Waals surface area (Å²) in [6.45, 7) is 6.02. The molecule has 88 valence electrons. The van der Waals surface area contributed by atoms with E-state index in [4.69, 9.17) is 10.5 Å². The minimum atomic E-state index is -0.402. The molecule has 15 heavy (non-hydrogen) atoms. The Labute approximate surface area is 91.2 Å². The maximum absolute atomic E-state index is 11.4. The molecule has 0 aromatic heterocycles. The predicted molar refractivity (Wildman–Crippen MR) is 58.6 cm³/mol. The minimum absolute atomic E-state index is 0.00200. The highest BCUT2D eigenvalue weighted by Gasteiger charge is 2.21. The van der Waals surface area contributed by atoms with E-state index in [2.05, 4.69) is 0 Å². The van der Waals surface area contributed by atoms with Crippen LogP contribution in [-0.4, -0.2) is 31.3 Å². The first kappa shape index (κ1) is 14.3. The van der Waals surface area contributed by atoms with Gasteiger partial charge in [0.05, 0.1) is 0 Å². The second-order valence-corrected chi connectivity index (χ2v) is 4.60. The average molecular weight is 215 g/mol. The Hall–Kier alpha value is -0.740. The molecule has 0 saturated heterocycles. The molecule has 0 atom stereocenters. The predicted octanol–water partition coefficient (Wildman–Crippen LogP) is 0.926. The highest BCUT2D eigenvalue weighted by atomic mass is 16.5. The molecule has 0 bridgehead atoms. The number of Topliss-reactive ketones (excluding diaryl/α,β-unsaturated/α-hetero) is 2. The van der Waals surface area contributed by atoms with Gasteiger partial charge in [0.2, 0.25) is 0 Å². The highest BCUT2D eigenvalue weighted by Crippen LogP contribution is 2.14. The number of rotatable bonds is 7. The molecule has 0 radical (unpaired) electrons. The molecule has 0 saturated carbocycles. The first-order chi connectivity index (χ1) is 6.88. The van der Waals surface area contributed by atoms with Crippen molar-refractivity contribution in [2.24, 2.45) is 11.1 Å². The molecule has 0 unspecified atom stereocenters. The lowest BCUT2D eigenvalue weighted by atomic mass is 9.91. The molecular formula is C11H21NO3. The lowest BCUT2D eigenvalue weighted by Gasteiger charge is -2.15. The third-order valence-electron chi connectivity index (χ3n) is 1.99. The van der Waals surface area contributed by atoms with E-state index in [9.17, 15) is 9.59 Å². The number of carbonyl (C=O) groups is 2. The molecule has 2 N–H and O–H groups in total. The number of carbonyl (C=O) groups excluding carboxylic acids is 2. The van der Waals surface area contributed by atoms with Crippen molar-refractivity contribution in [2.45, 2.75) is 33.6 Å². The largest absolute Gasteiger partial charge is 0.366 e. The molecule has 4 nitrogen and oxygen atoms in total. The van der Waals surface area contributed by atoms with Crippen molar-refractivity contribution in [3.8, 4) is 0 Å². The fourth-order valence-electron chi connectivity index (χ4n) is 0.845. The Morgan fingerprint density at radius 2 is 1.80 bits per heavy atom. The third kappa shape index (κ3) is 7.22. The van der Waals surface area contributed by atoms with Crippen LogP contribution in [0.25, 0.3) is 0 Å². The number of ether oxygens (including phenoxy) is 1. The van der Waals surface area contributed by atoms with Crippen molar-refractivity contribution >= 4 is 11.6 Å². The van der Waals surface area contributed by atoms with Crippen molar-refractivity contribution in [1.29, 1.82) is 0 Å². The summed E-state index contributed by atoms with van der Waals surface area (Å²) >= 11 is 0. The van der Waals surface area contributed by atoms with Gasteiger partial charge in [0, 0.05) is 11.8 Å². The summed E-state index contributed by atoms with van der Waals surface area (Å²) < 4.78 is 5.04. The Morgan fingerprint density at radius 3 is 2.27 bits per heavy atom. The molecule has 0 fully saturated rings. The summed E-state index contributed by atoms with van der Waals surface area (Å²) in [6, 6.07) is 0. The number of nitrogens with two attached hydrogens (primary N) is 1. The van der Waals surface area contributed by atoms with Crippen LogP contribution in [0.4, 0.5) is 0 Å². The smallest absolute Gasteiger partial charge is 0.163 e. The number of hydrogen-bond donors (Lipinski definition) is 1. The number of hydrogen-bond acceptors (Lipinski definition) is 4. The second-order valence-electron chi connectivity index (χ2n) is 4.60. The molecule has 0 aliphatic carbocycles. The van der Waals surface area contributed by atoms with Gasteiger partial charge in [0.15, 0.2) is 11.6 Å². The van der Waals surface area contributed by atoms with Gasteiger partial charge >= 0.3 is 0 Å². The third-order valence-corrected chi connectivity index (χ3v) is 1.99. The maximum atomic E-state index is 11.4. The van der Waals surface area contributed by atoms with Crippen molar-refractivity contribution in [2.75, 3.05) is 19.8 Å². The first-order valence-corrected chi connectivity index (χ1v) is 5.20. The van der Waals surface area contributed by atoms with Crippen molar-refractivity contribution in [3.05, 3.63) is 0 Å². The van der Waals surface area contributed by atoms with E-state index < -0.39 is 5.41 Å². The summed E-state index contributed by atoms with van der Waals surface area (Å²) in [6.07, 6.45) is 1.11. The fraction of sp³-hybridized carbons (Fsp3) is 0.818. The lowest BCUT2D eigenvalue weighted by molar-refractivity contribution is -0.133. The van der Waals surface area contributed by atoms with Gasteiger partial charge in [-0.25, -0.2) is 0 Å². The van der Waals surface area contributed by atoms with Crippen LogP contribution in [0.15, 0.2) is 0 Å². The van der Waals surface area contributed by atoms with Crippen LogP contribution in [0.1, 0.15) is 33.6 Å².